The number of hydrogen-bond donors (Lipinski definition) is 3. The van der Waals surface area contributed by atoms with Crippen LogP contribution in [0.1, 0.15) is 19.8 Å². The molecule has 1 aromatic carbocycles. The molecule has 1 atom stereocenters. The van der Waals surface area contributed by atoms with E-state index in [2.05, 4.69) is 5.32 Å². The molecule has 1 aliphatic rings. The summed E-state index contributed by atoms with van der Waals surface area (Å²) in [6.45, 7) is 0.512. The Morgan fingerprint density at radius 2 is 1.85 bits per heavy atom. The Morgan fingerprint density at radius 3 is 2.42 bits per heavy atom. The molecule has 0 spiro atoms. The van der Waals surface area contributed by atoms with E-state index < -0.39 is 46.4 Å². The Bertz CT molecular complexity index is 792. The van der Waals surface area contributed by atoms with Gasteiger partial charge in [0.05, 0.1) is 4.90 Å². The molecule has 26 heavy (non-hydrogen) atoms. The molecule has 2 rings (SSSR count). The normalized spacial score (nSPS) is 15.0. The maximum atomic E-state index is 12.8. The van der Waals surface area contributed by atoms with Gasteiger partial charge in [-0.15, -0.1) is 0 Å². The third-order valence-corrected chi connectivity index (χ3v) is 4.77. The van der Waals surface area contributed by atoms with Crippen LogP contribution in [0.4, 0.5) is 9.18 Å². The van der Waals surface area contributed by atoms with Gasteiger partial charge in [0, 0.05) is 6.04 Å². The number of nitrogens with one attached hydrogen (secondary N) is 3. The number of carbonyl (C=O) groups excluding carboxylic acids is 3. The van der Waals surface area contributed by atoms with Crippen molar-refractivity contribution in [3.05, 3.63) is 30.1 Å². The highest BCUT2D eigenvalue weighted by molar-refractivity contribution is 7.89. The third-order valence-electron chi connectivity index (χ3n) is 3.36. The highest BCUT2D eigenvalue weighted by Gasteiger charge is 2.26. The summed E-state index contributed by atoms with van der Waals surface area (Å²) in [6.07, 6.45) is 0.406. The van der Waals surface area contributed by atoms with Crippen molar-refractivity contribution in [1.82, 2.24) is 15.4 Å². The monoisotopic (exact) mass is 387 g/mol. The molecule has 0 heterocycles. The first kappa shape index (κ1) is 19.8. The summed E-state index contributed by atoms with van der Waals surface area (Å²) in [7, 11) is -4.04. The van der Waals surface area contributed by atoms with Crippen LogP contribution in [0.3, 0.4) is 0 Å². The largest absolute Gasteiger partial charge is 0.452 e. The standard InChI is InChI=1S/C15H18FN3O6S/c1-9(14(21)19-15(22)18-11-4-5-11)25-13(20)8-17-26(23,24)12-6-2-10(16)3-7-12/h2-3,6-7,9,11,17H,4-5,8H2,1H3,(H2,18,19,21,22)/t9-/m1/s1. The van der Waals surface area contributed by atoms with E-state index in [-0.39, 0.29) is 10.9 Å². The molecule has 0 radical (unpaired) electrons. The number of halogens is 1. The van der Waals surface area contributed by atoms with E-state index in [4.69, 9.17) is 4.74 Å². The summed E-state index contributed by atoms with van der Waals surface area (Å²) in [5.41, 5.74) is 0. The molecule has 0 aromatic heterocycles. The summed E-state index contributed by atoms with van der Waals surface area (Å²) in [5, 5.41) is 4.55. The highest BCUT2D eigenvalue weighted by atomic mass is 32.2. The van der Waals surface area contributed by atoms with Crippen LogP contribution in [0.5, 0.6) is 0 Å². The molecule has 1 aliphatic carbocycles. The lowest BCUT2D eigenvalue weighted by Crippen LogP contribution is -2.46. The van der Waals surface area contributed by atoms with Gasteiger partial charge in [0.1, 0.15) is 12.4 Å². The van der Waals surface area contributed by atoms with Crippen LogP contribution < -0.4 is 15.4 Å². The Morgan fingerprint density at radius 1 is 1.23 bits per heavy atom. The SMILES string of the molecule is C[C@@H](OC(=O)CNS(=O)(=O)c1ccc(F)cc1)C(=O)NC(=O)NC1CC1. The Kier molecular flexibility index (Phi) is 6.27. The summed E-state index contributed by atoms with van der Waals surface area (Å²) >= 11 is 0. The fourth-order valence-electron chi connectivity index (χ4n) is 1.81. The topological polar surface area (TPSA) is 131 Å². The molecule has 0 saturated heterocycles. The number of amides is 3. The lowest BCUT2D eigenvalue weighted by atomic mass is 10.4. The van der Waals surface area contributed by atoms with Gasteiger partial charge in [0.25, 0.3) is 5.91 Å². The fraction of sp³-hybridized carbons (Fsp3) is 0.400. The van der Waals surface area contributed by atoms with Crippen LogP contribution in [0.15, 0.2) is 29.2 Å². The second-order valence-corrected chi connectivity index (χ2v) is 7.41. The van der Waals surface area contributed by atoms with E-state index in [0.717, 1.165) is 37.1 Å². The molecule has 1 fully saturated rings. The van der Waals surface area contributed by atoms with Crippen LogP contribution in [0, 0.1) is 5.82 Å². The van der Waals surface area contributed by atoms with Crippen LogP contribution in [-0.2, 0) is 24.3 Å². The molecule has 0 unspecified atom stereocenters. The number of hydrogen-bond acceptors (Lipinski definition) is 6. The van der Waals surface area contributed by atoms with Gasteiger partial charge in [-0.2, -0.15) is 4.72 Å². The lowest BCUT2D eigenvalue weighted by molar-refractivity contribution is -0.153. The van der Waals surface area contributed by atoms with Gasteiger partial charge in [0.2, 0.25) is 10.0 Å². The molecular formula is C15H18FN3O6S. The maximum absolute atomic E-state index is 12.8. The van der Waals surface area contributed by atoms with Gasteiger partial charge in [-0.3, -0.25) is 14.9 Å². The molecule has 0 aliphatic heterocycles. The van der Waals surface area contributed by atoms with Crippen molar-refractivity contribution in [3.8, 4) is 0 Å². The molecule has 1 saturated carbocycles. The smallest absolute Gasteiger partial charge is 0.321 e. The van der Waals surface area contributed by atoms with Gasteiger partial charge in [-0.05, 0) is 44.0 Å². The van der Waals surface area contributed by atoms with Crippen molar-refractivity contribution >= 4 is 27.9 Å². The van der Waals surface area contributed by atoms with Gasteiger partial charge in [-0.1, -0.05) is 0 Å². The molecule has 0 bridgehead atoms. The molecule has 142 valence electrons. The number of ether oxygens (including phenoxy) is 1. The Balaban J connectivity index is 1.78. The van der Waals surface area contributed by atoms with E-state index in [1.165, 1.54) is 6.92 Å². The number of benzene rings is 1. The second kappa shape index (κ2) is 8.23. The van der Waals surface area contributed by atoms with Crippen molar-refractivity contribution in [2.24, 2.45) is 0 Å². The van der Waals surface area contributed by atoms with Crippen molar-refractivity contribution in [2.45, 2.75) is 36.8 Å². The maximum Gasteiger partial charge on any atom is 0.321 e. The molecule has 1 aromatic rings. The average Bonchev–Trinajstić information content (AvgIpc) is 3.37. The number of sulfonamides is 1. The molecular weight excluding hydrogens is 369 g/mol. The molecule has 11 heteroatoms. The van der Waals surface area contributed by atoms with Gasteiger partial charge < -0.3 is 10.1 Å². The number of imide groups is 1. The number of rotatable bonds is 7. The zero-order valence-electron chi connectivity index (χ0n) is 13.8. The minimum atomic E-state index is -4.04. The predicted molar refractivity (Wildman–Crippen MR) is 86.8 cm³/mol. The quantitative estimate of drug-likeness (QED) is 0.566. The number of urea groups is 1. The van der Waals surface area contributed by atoms with E-state index >= 15 is 0 Å². The summed E-state index contributed by atoms with van der Waals surface area (Å²) in [5.74, 6) is -2.45. The van der Waals surface area contributed by atoms with Crippen LogP contribution >= 0.6 is 0 Å². The van der Waals surface area contributed by atoms with Crippen molar-refractivity contribution in [2.75, 3.05) is 6.54 Å². The van der Waals surface area contributed by atoms with Crippen LogP contribution in [0.2, 0.25) is 0 Å². The van der Waals surface area contributed by atoms with Gasteiger partial charge >= 0.3 is 12.0 Å². The zero-order valence-corrected chi connectivity index (χ0v) is 14.6. The van der Waals surface area contributed by atoms with Crippen molar-refractivity contribution in [1.29, 1.82) is 0 Å². The summed E-state index contributed by atoms with van der Waals surface area (Å²) in [6, 6.07) is 3.38. The van der Waals surface area contributed by atoms with E-state index in [1.807, 2.05) is 10.0 Å². The van der Waals surface area contributed by atoms with Crippen molar-refractivity contribution < 1.29 is 31.9 Å². The Labute approximate surface area is 149 Å². The summed E-state index contributed by atoms with van der Waals surface area (Å²) < 4.78 is 43.5. The first-order chi connectivity index (χ1) is 12.2. The zero-order chi connectivity index (χ0) is 19.3. The first-order valence-electron chi connectivity index (χ1n) is 7.73. The summed E-state index contributed by atoms with van der Waals surface area (Å²) in [4.78, 5) is 34.6. The highest BCUT2D eigenvalue weighted by Crippen LogP contribution is 2.18. The number of carbonyl (C=O) groups is 3. The first-order valence-corrected chi connectivity index (χ1v) is 9.22. The molecule has 9 nitrogen and oxygen atoms in total. The lowest BCUT2D eigenvalue weighted by Gasteiger charge is -2.13. The Hall–Kier alpha value is -2.53. The average molecular weight is 387 g/mol. The van der Waals surface area contributed by atoms with E-state index in [9.17, 15) is 27.2 Å². The van der Waals surface area contributed by atoms with Crippen LogP contribution in [-0.4, -0.2) is 45.0 Å². The van der Waals surface area contributed by atoms with E-state index in [0.29, 0.717) is 0 Å². The van der Waals surface area contributed by atoms with Crippen LogP contribution in [0.25, 0.3) is 0 Å². The second-order valence-electron chi connectivity index (χ2n) is 5.65. The molecule has 3 N–H and O–H groups in total. The fourth-order valence-corrected chi connectivity index (χ4v) is 2.77. The minimum Gasteiger partial charge on any atom is -0.452 e. The minimum absolute atomic E-state index is 0.0570. The number of esters is 1. The van der Waals surface area contributed by atoms with Crippen molar-refractivity contribution in [3.63, 3.8) is 0 Å². The third kappa shape index (κ3) is 6.08. The van der Waals surface area contributed by atoms with Gasteiger partial charge in [0.15, 0.2) is 6.10 Å². The predicted octanol–water partition coefficient (Wildman–Crippen LogP) is 0.0239. The van der Waals surface area contributed by atoms with Gasteiger partial charge in [-0.25, -0.2) is 17.6 Å². The molecule has 3 amide bonds. The van der Waals surface area contributed by atoms with E-state index in [1.54, 1.807) is 0 Å².